The maximum Gasteiger partial charge on any atom is 0.229 e. The van der Waals surface area contributed by atoms with E-state index in [1.54, 1.807) is 72.8 Å². The second kappa shape index (κ2) is 23.1. The average molecular weight is 1340 g/mol. The lowest BCUT2D eigenvalue weighted by Crippen LogP contribution is -2.06. The van der Waals surface area contributed by atoms with Gasteiger partial charge in [-0.1, -0.05) is 82.8 Å². The summed E-state index contributed by atoms with van der Waals surface area (Å²) in [6.07, 6.45) is 2.55. The van der Waals surface area contributed by atoms with Crippen LogP contribution in [0.15, 0.2) is 146 Å². The smallest absolute Gasteiger partial charge is 0.229 e. The van der Waals surface area contributed by atoms with E-state index in [-0.39, 0.29) is 51.7 Å². The lowest BCUT2D eigenvalue weighted by Gasteiger charge is -2.09. The summed E-state index contributed by atoms with van der Waals surface area (Å²) < 4.78 is 1.33. The predicted molar refractivity (Wildman–Crippen MR) is 324 cm³/mol. The van der Waals surface area contributed by atoms with E-state index in [1.807, 2.05) is 106 Å². The number of benzene rings is 6. The highest BCUT2D eigenvalue weighted by Gasteiger charge is 2.17. The minimum Gasteiger partial charge on any atom is -0.506 e. The van der Waals surface area contributed by atoms with Crippen molar-refractivity contribution in [3.63, 3.8) is 0 Å². The number of ketones is 1. The molecule has 0 fully saturated rings. The van der Waals surface area contributed by atoms with Crippen LogP contribution in [0, 0.1) is 7.14 Å². The number of aromatic hydroxyl groups is 6. The Morgan fingerprint density at radius 2 is 0.692 bits per heavy atom. The van der Waals surface area contributed by atoms with Gasteiger partial charge in [-0.3, -0.25) is 4.79 Å². The molecular weight excluding hydrogens is 1300 g/mol. The molecule has 6 aromatic heterocycles. The fourth-order valence-corrected chi connectivity index (χ4v) is 11.1. The first kappa shape index (κ1) is 54.2. The minimum absolute atomic E-state index is 0.0197. The van der Waals surface area contributed by atoms with Gasteiger partial charge in [-0.05, 0) is 180 Å². The number of carbonyl (C=O) groups is 1. The lowest BCUT2D eigenvalue weighted by molar-refractivity contribution is 0.103. The van der Waals surface area contributed by atoms with E-state index in [0.717, 1.165) is 55.1 Å². The van der Waals surface area contributed by atoms with Gasteiger partial charge in [-0.2, -0.15) is 0 Å². The summed E-state index contributed by atoms with van der Waals surface area (Å²) >= 11 is 28.9. The Balaban J connectivity index is 0.000000133. The van der Waals surface area contributed by atoms with Gasteiger partial charge in [0, 0.05) is 55.1 Å². The molecule has 0 aliphatic heterocycles. The SMILES string of the molecule is O=C(c1ccc2cccc(O)c2n1)c1ccc2cccc(O)c2n1.Oc1c(I)cc(Cl)c2ccc(CCc3ccc4c(Cl)cc(I)c(O)c4n3)nc12.Oc1ccc(Cl)c2ccc(CCc3ccc4c(Cl)ccc(O)c4n3)nc12. The van der Waals surface area contributed by atoms with Crippen molar-refractivity contribution in [2.24, 2.45) is 0 Å². The number of hydrogen-bond donors (Lipinski definition) is 6. The van der Waals surface area contributed by atoms with E-state index in [2.05, 4.69) is 29.9 Å². The number of nitrogens with zero attached hydrogens (tertiary/aromatic N) is 6. The molecule has 0 atom stereocenters. The van der Waals surface area contributed by atoms with Crippen molar-refractivity contribution in [3.05, 3.63) is 207 Å². The van der Waals surface area contributed by atoms with Crippen LogP contribution in [0.2, 0.25) is 20.1 Å². The number of carbonyl (C=O) groups excluding carboxylic acids is 1. The monoisotopic (exact) mass is 1340 g/mol. The highest BCUT2D eigenvalue weighted by Crippen LogP contribution is 2.37. The van der Waals surface area contributed by atoms with Crippen LogP contribution in [-0.4, -0.2) is 66.3 Å². The maximum atomic E-state index is 12.7. The average Bonchev–Trinajstić information content (AvgIpc) is 3.51. The number of phenolic OH excluding ortho intramolecular Hbond substituents is 6. The van der Waals surface area contributed by atoms with E-state index in [9.17, 15) is 35.4 Å². The summed E-state index contributed by atoms with van der Waals surface area (Å²) in [5, 5.41) is 67.1. The van der Waals surface area contributed by atoms with E-state index >= 15 is 0 Å². The summed E-state index contributed by atoms with van der Waals surface area (Å²) in [7, 11) is 0. The van der Waals surface area contributed by atoms with Crippen LogP contribution in [-0.2, 0) is 25.7 Å². The highest BCUT2D eigenvalue weighted by molar-refractivity contribution is 14.1. The van der Waals surface area contributed by atoms with Crippen LogP contribution in [0.4, 0.5) is 0 Å². The van der Waals surface area contributed by atoms with Crippen LogP contribution < -0.4 is 0 Å². The fourth-order valence-electron chi connectivity index (χ4n) is 8.62. The van der Waals surface area contributed by atoms with Crippen molar-refractivity contribution in [2.75, 3.05) is 0 Å². The number of phenols is 6. The molecule has 19 heteroatoms. The summed E-state index contributed by atoms with van der Waals surface area (Å²) in [5.41, 5.74) is 6.40. The Hall–Kier alpha value is -7.13. The van der Waals surface area contributed by atoms with Crippen LogP contribution in [0.25, 0.3) is 65.4 Å². The van der Waals surface area contributed by atoms with Crippen LogP contribution >= 0.6 is 91.6 Å². The molecule has 388 valence electrons. The quantitative estimate of drug-likeness (QED) is 0.0617. The van der Waals surface area contributed by atoms with Gasteiger partial charge in [-0.15, -0.1) is 0 Å². The van der Waals surface area contributed by atoms with E-state index < -0.39 is 0 Å². The number of fused-ring (bicyclic) bond motifs is 6. The van der Waals surface area contributed by atoms with Crippen molar-refractivity contribution in [2.45, 2.75) is 25.7 Å². The molecule has 0 amide bonds. The highest BCUT2D eigenvalue weighted by atomic mass is 127. The Bertz CT molecular complexity index is 4110. The summed E-state index contributed by atoms with van der Waals surface area (Å²) in [6, 6.07) is 41.6. The first-order chi connectivity index (χ1) is 37.5. The molecule has 6 heterocycles. The van der Waals surface area contributed by atoms with Gasteiger partial charge in [-0.25, -0.2) is 29.9 Å². The molecule has 0 saturated heterocycles. The third-order valence-corrected chi connectivity index (χ3v) is 15.6. The topological polar surface area (TPSA) is 216 Å². The van der Waals surface area contributed by atoms with Crippen molar-refractivity contribution in [1.82, 2.24) is 29.9 Å². The fraction of sp³-hybridized carbons (Fsp3) is 0.0678. The van der Waals surface area contributed by atoms with E-state index in [1.165, 1.54) is 12.1 Å². The molecule has 6 N–H and O–H groups in total. The molecule has 0 radical (unpaired) electrons. The van der Waals surface area contributed by atoms with Gasteiger partial charge >= 0.3 is 0 Å². The number of aryl methyl sites for hydroxylation is 4. The van der Waals surface area contributed by atoms with E-state index in [0.29, 0.717) is 86.0 Å². The molecule has 12 aromatic rings. The zero-order valence-electron chi connectivity index (χ0n) is 40.2. The standard InChI is InChI=1S/C20H12Cl2I2N2O2.C20H14Cl2N2O2.C19H12N2O3/c21-13-7-15(23)19(27)17-11(13)5-3-9(25-17)1-2-10-4-6-12-14(22)8-16(24)20(28)18(12)26-10;21-15-7-9-17(25)19-13(15)5-3-11(23-19)1-2-12-4-6-14-16(22)8-10-18(26)20(14)24-12;22-15-5-1-3-11-7-9-13(20-17(11)15)19(24)14-10-8-12-4-2-6-16(23)18(12)21-14/h3-8,27-28H,1-2H2;3-10,25-26H,1-2H2;1-10,22-23H. The van der Waals surface area contributed by atoms with Gasteiger partial charge in [0.15, 0.2) is 11.5 Å². The number of halogens is 6. The Labute approximate surface area is 491 Å². The number of pyridine rings is 6. The van der Waals surface area contributed by atoms with E-state index in [4.69, 9.17) is 46.4 Å². The molecule has 0 bridgehead atoms. The normalized spacial score (nSPS) is 11.3. The predicted octanol–water partition coefficient (Wildman–Crippen LogP) is 15.2. The Morgan fingerprint density at radius 3 is 1.06 bits per heavy atom. The minimum atomic E-state index is -0.370. The molecule has 12 rings (SSSR count). The van der Waals surface area contributed by atoms with Crippen molar-refractivity contribution < 1.29 is 35.4 Å². The van der Waals surface area contributed by atoms with Crippen molar-refractivity contribution in [3.8, 4) is 34.5 Å². The Kier molecular flexibility index (Phi) is 16.0. The number of aromatic nitrogens is 6. The zero-order chi connectivity index (χ0) is 54.9. The second-order valence-electron chi connectivity index (χ2n) is 17.7. The molecule has 0 aliphatic carbocycles. The summed E-state index contributed by atoms with van der Waals surface area (Å²) in [5.74, 6) is 0.159. The van der Waals surface area contributed by atoms with Gasteiger partial charge in [0.25, 0.3) is 0 Å². The molecule has 6 aromatic carbocycles. The number of para-hydroxylation sites is 2. The maximum absolute atomic E-state index is 12.7. The molecule has 0 unspecified atom stereocenters. The van der Waals surface area contributed by atoms with Gasteiger partial charge < -0.3 is 30.6 Å². The first-order valence-corrected chi connectivity index (χ1v) is 27.4. The van der Waals surface area contributed by atoms with Crippen LogP contribution in [0.3, 0.4) is 0 Å². The molecular formula is C59H38Cl4I2N6O7. The third-order valence-electron chi connectivity index (χ3n) is 12.6. The van der Waals surface area contributed by atoms with Gasteiger partial charge in [0.2, 0.25) is 5.78 Å². The number of hydrogen-bond acceptors (Lipinski definition) is 13. The molecule has 0 aliphatic rings. The van der Waals surface area contributed by atoms with Gasteiger partial charge in [0.05, 0.1) is 27.2 Å². The summed E-state index contributed by atoms with van der Waals surface area (Å²) in [4.78, 5) is 39.4. The molecule has 13 nitrogen and oxygen atoms in total. The van der Waals surface area contributed by atoms with Crippen LogP contribution in [0.1, 0.15) is 39.0 Å². The third kappa shape index (κ3) is 11.4. The zero-order valence-corrected chi connectivity index (χ0v) is 47.6. The van der Waals surface area contributed by atoms with Crippen LogP contribution in [0.5, 0.6) is 34.5 Å². The Morgan fingerprint density at radius 1 is 0.359 bits per heavy atom. The first-order valence-electron chi connectivity index (χ1n) is 23.7. The molecule has 0 saturated carbocycles. The van der Waals surface area contributed by atoms with Crippen molar-refractivity contribution >= 4 is 163 Å². The molecule has 0 spiro atoms. The molecule has 78 heavy (non-hydrogen) atoms. The summed E-state index contributed by atoms with van der Waals surface area (Å²) in [6.45, 7) is 0. The van der Waals surface area contributed by atoms with Gasteiger partial charge in [0.1, 0.15) is 67.5 Å². The number of rotatable bonds is 8. The second-order valence-corrected chi connectivity index (χ2v) is 21.7. The van der Waals surface area contributed by atoms with Crippen molar-refractivity contribution in [1.29, 1.82) is 0 Å². The lowest BCUT2D eigenvalue weighted by atomic mass is 10.1. The largest absolute Gasteiger partial charge is 0.506 e.